The highest BCUT2D eigenvalue weighted by atomic mass is 16.3. The summed E-state index contributed by atoms with van der Waals surface area (Å²) in [5, 5.41) is 12.1. The molecule has 2 rings (SSSR count). The summed E-state index contributed by atoms with van der Waals surface area (Å²) in [6, 6.07) is 9.88. The van der Waals surface area contributed by atoms with E-state index in [1.807, 2.05) is 19.1 Å². The van der Waals surface area contributed by atoms with Crippen LogP contribution >= 0.6 is 0 Å². The number of aromatic hydroxyl groups is 1. The van der Waals surface area contributed by atoms with Crippen LogP contribution in [0.3, 0.4) is 0 Å². The lowest BCUT2D eigenvalue weighted by Gasteiger charge is -2.13. The molecule has 5 nitrogen and oxygen atoms in total. The highest BCUT2D eigenvalue weighted by Crippen LogP contribution is 2.12. The molecular weight excluding hydrogens is 268 g/mol. The van der Waals surface area contributed by atoms with Gasteiger partial charge in [0.25, 0.3) is 5.91 Å². The van der Waals surface area contributed by atoms with Gasteiger partial charge in [-0.1, -0.05) is 12.1 Å². The van der Waals surface area contributed by atoms with Crippen LogP contribution in [-0.4, -0.2) is 22.0 Å². The lowest BCUT2D eigenvalue weighted by atomic mass is 10.1. The van der Waals surface area contributed by atoms with Gasteiger partial charge in [0.15, 0.2) is 0 Å². The fourth-order valence-corrected chi connectivity index (χ4v) is 1.98. The van der Waals surface area contributed by atoms with Gasteiger partial charge in [0.05, 0.1) is 5.56 Å². The summed E-state index contributed by atoms with van der Waals surface area (Å²) >= 11 is 0. The van der Waals surface area contributed by atoms with Crippen molar-refractivity contribution in [3.8, 4) is 5.75 Å². The van der Waals surface area contributed by atoms with E-state index in [1.165, 1.54) is 18.3 Å². The second kappa shape index (κ2) is 6.74. The van der Waals surface area contributed by atoms with Gasteiger partial charge < -0.3 is 15.4 Å². The zero-order valence-electron chi connectivity index (χ0n) is 11.8. The van der Waals surface area contributed by atoms with Crippen molar-refractivity contribution in [1.29, 1.82) is 0 Å². The SMILES string of the molecule is CC(CCc1ccc(O)cc1)NC(=O)c1ccc(=O)[nH]c1. The third kappa shape index (κ3) is 4.49. The number of H-pyrrole nitrogens is 1. The van der Waals surface area contributed by atoms with Crippen molar-refractivity contribution in [3.63, 3.8) is 0 Å². The molecule has 0 bridgehead atoms. The van der Waals surface area contributed by atoms with Gasteiger partial charge >= 0.3 is 0 Å². The van der Waals surface area contributed by atoms with Crippen LogP contribution in [0.4, 0.5) is 0 Å². The highest BCUT2D eigenvalue weighted by molar-refractivity contribution is 5.93. The van der Waals surface area contributed by atoms with E-state index in [9.17, 15) is 14.7 Å². The smallest absolute Gasteiger partial charge is 0.252 e. The number of rotatable bonds is 5. The normalized spacial score (nSPS) is 11.9. The molecule has 0 aliphatic rings. The zero-order chi connectivity index (χ0) is 15.2. The van der Waals surface area contributed by atoms with E-state index >= 15 is 0 Å². The molecular formula is C16H18N2O3. The molecule has 0 saturated carbocycles. The summed E-state index contributed by atoms with van der Waals surface area (Å²) in [4.78, 5) is 25.4. The number of hydrogen-bond acceptors (Lipinski definition) is 3. The maximum Gasteiger partial charge on any atom is 0.252 e. The van der Waals surface area contributed by atoms with Crippen LogP contribution in [0, 0.1) is 0 Å². The predicted molar refractivity (Wildman–Crippen MR) is 80.4 cm³/mol. The van der Waals surface area contributed by atoms with Crippen LogP contribution in [0.1, 0.15) is 29.3 Å². The van der Waals surface area contributed by atoms with Crippen LogP contribution in [0.2, 0.25) is 0 Å². The number of benzene rings is 1. The van der Waals surface area contributed by atoms with Gasteiger partial charge in [-0.05, 0) is 43.5 Å². The number of nitrogens with one attached hydrogen (secondary N) is 2. The molecule has 0 saturated heterocycles. The van der Waals surface area contributed by atoms with Crippen molar-refractivity contribution >= 4 is 5.91 Å². The average Bonchev–Trinajstić information content (AvgIpc) is 2.47. The second-order valence-electron chi connectivity index (χ2n) is 5.02. The largest absolute Gasteiger partial charge is 0.508 e. The summed E-state index contributed by atoms with van der Waals surface area (Å²) in [6.45, 7) is 1.93. The van der Waals surface area contributed by atoms with Gasteiger partial charge in [0.1, 0.15) is 5.75 Å². The monoisotopic (exact) mass is 286 g/mol. The Morgan fingerprint density at radius 1 is 1.24 bits per heavy atom. The van der Waals surface area contributed by atoms with Crippen LogP contribution in [0.5, 0.6) is 5.75 Å². The fraction of sp³-hybridized carbons (Fsp3) is 0.250. The van der Waals surface area contributed by atoms with E-state index < -0.39 is 0 Å². The summed E-state index contributed by atoms with van der Waals surface area (Å²) < 4.78 is 0. The molecule has 1 aromatic heterocycles. The van der Waals surface area contributed by atoms with E-state index in [2.05, 4.69) is 10.3 Å². The Morgan fingerprint density at radius 2 is 1.95 bits per heavy atom. The van der Waals surface area contributed by atoms with Crippen molar-refractivity contribution < 1.29 is 9.90 Å². The molecule has 1 atom stereocenters. The minimum Gasteiger partial charge on any atom is -0.508 e. The molecule has 0 aliphatic heterocycles. The molecule has 0 fully saturated rings. The van der Waals surface area contributed by atoms with Gasteiger partial charge in [0.2, 0.25) is 5.56 Å². The number of hydrogen-bond donors (Lipinski definition) is 3. The van der Waals surface area contributed by atoms with E-state index in [4.69, 9.17) is 0 Å². The minimum atomic E-state index is -0.230. The fourth-order valence-electron chi connectivity index (χ4n) is 1.98. The molecule has 21 heavy (non-hydrogen) atoms. The summed E-state index contributed by atoms with van der Waals surface area (Å²) in [5.74, 6) is 0.0441. The molecule has 0 spiro atoms. The van der Waals surface area contributed by atoms with Crippen molar-refractivity contribution in [1.82, 2.24) is 10.3 Å². The molecule has 1 amide bonds. The first-order chi connectivity index (χ1) is 10.0. The first kappa shape index (κ1) is 14.8. The quantitative estimate of drug-likeness (QED) is 0.784. The van der Waals surface area contributed by atoms with Crippen LogP contribution in [0.25, 0.3) is 0 Å². The number of aryl methyl sites for hydroxylation is 1. The summed E-state index contributed by atoms with van der Waals surface area (Å²) in [5.41, 5.74) is 1.32. The number of aromatic nitrogens is 1. The van der Waals surface area contributed by atoms with E-state index in [1.54, 1.807) is 12.1 Å². The molecule has 110 valence electrons. The number of carbonyl (C=O) groups is 1. The molecule has 0 aliphatic carbocycles. The Hall–Kier alpha value is -2.56. The Bertz CT molecular complexity index is 641. The minimum absolute atomic E-state index is 0.0123. The molecule has 0 radical (unpaired) electrons. The van der Waals surface area contributed by atoms with Crippen molar-refractivity contribution in [2.24, 2.45) is 0 Å². The molecule has 3 N–H and O–H groups in total. The first-order valence-electron chi connectivity index (χ1n) is 6.82. The average molecular weight is 286 g/mol. The van der Waals surface area contributed by atoms with Gasteiger partial charge in [-0.2, -0.15) is 0 Å². The maximum atomic E-state index is 12.0. The standard InChI is InChI=1S/C16H18N2O3/c1-11(2-3-12-4-7-14(19)8-5-12)18-16(21)13-6-9-15(20)17-10-13/h4-11,19H,2-3H2,1H3,(H,17,20)(H,18,21). The van der Waals surface area contributed by atoms with Crippen LogP contribution < -0.4 is 10.9 Å². The number of amides is 1. The van der Waals surface area contributed by atoms with Crippen molar-refractivity contribution in [3.05, 3.63) is 64.1 Å². The van der Waals surface area contributed by atoms with E-state index in [-0.39, 0.29) is 23.3 Å². The van der Waals surface area contributed by atoms with Crippen molar-refractivity contribution in [2.45, 2.75) is 25.8 Å². The Balaban J connectivity index is 1.85. The van der Waals surface area contributed by atoms with Crippen LogP contribution in [0.15, 0.2) is 47.4 Å². The van der Waals surface area contributed by atoms with E-state index in [0.717, 1.165) is 18.4 Å². The maximum absolute atomic E-state index is 12.0. The number of pyridine rings is 1. The number of phenolic OH excluding ortho intramolecular Hbond substituents is 1. The van der Waals surface area contributed by atoms with Crippen molar-refractivity contribution in [2.75, 3.05) is 0 Å². The van der Waals surface area contributed by atoms with Gasteiger partial charge in [-0.25, -0.2) is 0 Å². The van der Waals surface area contributed by atoms with Gasteiger partial charge in [-0.15, -0.1) is 0 Å². The molecule has 5 heteroatoms. The van der Waals surface area contributed by atoms with E-state index in [0.29, 0.717) is 5.56 Å². The Kier molecular flexibility index (Phi) is 4.77. The van der Waals surface area contributed by atoms with Gasteiger partial charge in [-0.3, -0.25) is 9.59 Å². The predicted octanol–water partition coefficient (Wildman–Crippen LogP) is 1.83. The third-order valence-electron chi connectivity index (χ3n) is 3.23. The molecule has 2 aromatic rings. The van der Waals surface area contributed by atoms with Gasteiger partial charge in [0, 0.05) is 18.3 Å². The second-order valence-corrected chi connectivity index (χ2v) is 5.02. The summed E-state index contributed by atoms with van der Waals surface area (Å²) in [7, 11) is 0. The third-order valence-corrected chi connectivity index (χ3v) is 3.23. The molecule has 1 unspecified atom stereocenters. The number of carbonyl (C=O) groups excluding carboxylic acids is 1. The topological polar surface area (TPSA) is 82.2 Å². The number of aromatic amines is 1. The zero-order valence-corrected chi connectivity index (χ0v) is 11.8. The Labute approximate surface area is 122 Å². The lowest BCUT2D eigenvalue weighted by molar-refractivity contribution is 0.0938. The highest BCUT2D eigenvalue weighted by Gasteiger charge is 2.09. The first-order valence-corrected chi connectivity index (χ1v) is 6.82. The summed E-state index contributed by atoms with van der Waals surface area (Å²) in [6.07, 6.45) is 3.01. The Morgan fingerprint density at radius 3 is 2.57 bits per heavy atom. The molecule has 1 heterocycles. The number of phenols is 1. The van der Waals surface area contributed by atoms with Crippen LogP contribution in [-0.2, 0) is 6.42 Å². The lowest BCUT2D eigenvalue weighted by Crippen LogP contribution is -2.33. The molecule has 1 aromatic carbocycles.